The molecule has 5 nitrogen and oxygen atoms in total. The Kier molecular flexibility index (Phi) is 2.83. The molecule has 20 heavy (non-hydrogen) atoms. The van der Waals surface area contributed by atoms with Crippen molar-refractivity contribution in [3.05, 3.63) is 64.6 Å². The summed E-state index contributed by atoms with van der Waals surface area (Å²) in [6, 6.07) is 6.81. The first-order chi connectivity index (χ1) is 9.70. The highest BCUT2D eigenvalue weighted by Gasteiger charge is 2.18. The zero-order valence-electron chi connectivity index (χ0n) is 10.1. The van der Waals surface area contributed by atoms with E-state index in [1.54, 1.807) is 18.3 Å². The molecule has 3 rings (SSSR count). The molecular formula is C14H8FN3O2. The highest BCUT2D eigenvalue weighted by molar-refractivity contribution is 6.16. The molecule has 1 N–H and O–H groups in total. The lowest BCUT2D eigenvalue weighted by Gasteiger charge is -2.02. The van der Waals surface area contributed by atoms with Gasteiger partial charge >= 0.3 is 0 Å². The summed E-state index contributed by atoms with van der Waals surface area (Å²) in [6.45, 7) is 0. The maximum Gasteiger partial charge on any atom is 0.198 e. The number of nitroso groups, excluding NO2 is 1. The van der Waals surface area contributed by atoms with Gasteiger partial charge in [0.1, 0.15) is 17.2 Å². The Bertz CT molecular complexity index is 826. The molecule has 0 saturated carbocycles. The number of halogens is 1. The monoisotopic (exact) mass is 269 g/mol. The summed E-state index contributed by atoms with van der Waals surface area (Å²) in [7, 11) is 0. The topological polar surface area (TPSA) is 75.2 Å². The van der Waals surface area contributed by atoms with Crippen molar-refractivity contribution in [2.24, 2.45) is 5.18 Å². The molecule has 0 bridgehead atoms. The summed E-state index contributed by atoms with van der Waals surface area (Å²) in [5, 5.41) is 3.31. The van der Waals surface area contributed by atoms with Crippen LogP contribution in [0, 0.1) is 10.7 Å². The second-order valence-corrected chi connectivity index (χ2v) is 4.19. The fraction of sp³-hybridized carbons (Fsp3) is 0. The molecule has 6 heteroatoms. The number of hydrogen-bond acceptors (Lipinski definition) is 4. The van der Waals surface area contributed by atoms with Crippen molar-refractivity contribution in [2.45, 2.75) is 0 Å². The van der Waals surface area contributed by atoms with Crippen molar-refractivity contribution >= 4 is 22.5 Å². The molecule has 2 heterocycles. The second kappa shape index (κ2) is 4.65. The molecule has 0 amide bonds. The number of H-pyrrole nitrogens is 1. The molecule has 0 aliphatic heterocycles. The average molecular weight is 269 g/mol. The van der Waals surface area contributed by atoms with Gasteiger partial charge in [0.05, 0.1) is 5.56 Å². The molecule has 0 unspecified atom stereocenters. The van der Waals surface area contributed by atoms with E-state index in [-0.39, 0.29) is 11.3 Å². The minimum absolute atomic E-state index is 0.00714. The predicted octanol–water partition coefficient (Wildman–Crippen LogP) is 3.33. The van der Waals surface area contributed by atoms with E-state index >= 15 is 0 Å². The second-order valence-electron chi connectivity index (χ2n) is 4.19. The van der Waals surface area contributed by atoms with E-state index in [1.807, 2.05) is 0 Å². The molecule has 0 fully saturated rings. The molecule has 0 radical (unpaired) electrons. The van der Waals surface area contributed by atoms with Crippen molar-refractivity contribution in [1.29, 1.82) is 0 Å². The number of nitrogens with one attached hydrogen (secondary N) is 1. The van der Waals surface area contributed by atoms with Crippen LogP contribution in [0.15, 0.2) is 47.9 Å². The van der Waals surface area contributed by atoms with Gasteiger partial charge in [-0.1, -0.05) is 0 Å². The van der Waals surface area contributed by atoms with E-state index in [2.05, 4.69) is 15.1 Å². The van der Waals surface area contributed by atoms with Crippen LogP contribution in [-0.4, -0.2) is 15.8 Å². The number of carbonyl (C=O) groups is 1. The molecule has 3 aromatic rings. The Morgan fingerprint density at radius 3 is 2.90 bits per heavy atom. The summed E-state index contributed by atoms with van der Waals surface area (Å²) < 4.78 is 13.8. The predicted molar refractivity (Wildman–Crippen MR) is 71.4 cm³/mol. The number of ketones is 1. The third kappa shape index (κ3) is 1.87. The average Bonchev–Trinajstić information content (AvgIpc) is 2.91. The minimum Gasteiger partial charge on any atom is -0.345 e. The number of aromatic nitrogens is 2. The Morgan fingerprint density at radius 1 is 1.25 bits per heavy atom. The summed E-state index contributed by atoms with van der Waals surface area (Å²) in [6.07, 6.45) is 3.06. The summed E-state index contributed by atoms with van der Waals surface area (Å²) >= 11 is 0. The smallest absolute Gasteiger partial charge is 0.198 e. The lowest BCUT2D eigenvalue weighted by atomic mass is 10.0. The highest BCUT2D eigenvalue weighted by atomic mass is 19.1. The third-order valence-electron chi connectivity index (χ3n) is 3.00. The van der Waals surface area contributed by atoms with Crippen LogP contribution in [0.3, 0.4) is 0 Å². The molecular weight excluding hydrogens is 261 g/mol. The Morgan fingerprint density at radius 2 is 2.10 bits per heavy atom. The SMILES string of the molecule is O=Nc1ccc(F)c(C(=O)c2c[nH]c3ncccc23)c1. The van der Waals surface area contributed by atoms with Crippen LogP contribution in [0.1, 0.15) is 15.9 Å². The number of carbonyl (C=O) groups excluding carboxylic acids is 1. The molecule has 0 saturated heterocycles. The van der Waals surface area contributed by atoms with Gasteiger partial charge in [-0.15, -0.1) is 4.91 Å². The van der Waals surface area contributed by atoms with Crippen molar-refractivity contribution < 1.29 is 9.18 Å². The van der Waals surface area contributed by atoms with Gasteiger partial charge in [0.15, 0.2) is 5.78 Å². The first-order valence-corrected chi connectivity index (χ1v) is 5.80. The quantitative estimate of drug-likeness (QED) is 0.585. The standard InChI is InChI=1S/C14H8FN3O2/c15-12-4-3-8(18-20)6-10(12)13(19)11-7-17-14-9(11)2-1-5-16-14/h1-7H,(H,16,17). The van der Waals surface area contributed by atoms with Crippen LogP contribution in [-0.2, 0) is 0 Å². The van der Waals surface area contributed by atoms with Crippen molar-refractivity contribution in [2.75, 3.05) is 0 Å². The molecule has 2 aromatic heterocycles. The summed E-state index contributed by atoms with van der Waals surface area (Å²) in [4.78, 5) is 29.8. The van der Waals surface area contributed by atoms with E-state index in [9.17, 15) is 14.1 Å². The van der Waals surface area contributed by atoms with E-state index in [0.717, 1.165) is 12.1 Å². The van der Waals surface area contributed by atoms with Crippen LogP contribution in [0.25, 0.3) is 11.0 Å². The number of hydrogen-bond donors (Lipinski definition) is 1. The van der Waals surface area contributed by atoms with E-state index in [0.29, 0.717) is 16.6 Å². The van der Waals surface area contributed by atoms with Crippen molar-refractivity contribution in [3.63, 3.8) is 0 Å². The number of aromatic amines is 1. The van der Waals surface area contributed by atoms with Gasteiger partial charge in [0.25, 0.3) is 0 Å². The van der Waals surface area contributed by atoms with Gasteiger partial charge in [-0.05, 0) is 35.5 Å². The summed E-state index contributed by atoms with van der Waals surface area (Å²) in [5.74, 6) is -1.21. The normalized spacial score (nSPS) is 10.7. The van der Waals surface area contributed by atoms with Crippen molar-refractivity contribution in [1.82, 2.24) is 9.97 Å². The number of rotatable bonds is 3. The Hall–Kier alpha value is -2.89. The molecule has 1 aromatic carbocycles. The van der Waals surface area contributed by atoms with Crippen LogP contribution >= 0.6 is 0 Å². The maximum atomic E-state index is 13.8. The Balaban J connectivity index is 2.15. The van der Waals surface area contributed by atoms with E-state index < -0.39 is 11.6 Å². The van der Waals surface area contributed by atoms with Gasteiger partial charge in [-0.25, -0.2) is 9.37 Å². The zero-order valence-corrected chi connectivity index (χ0v) is 10.1. The number of fused-ring (bicyclic) bond motifs is 1. The third-order valence-corrected chi connectivity index (χ3v) is 3.00. The minimum atomic E-state index is -0.694. The van der Waals surface area contributed by atoms with Gasteiger partial charge < -0.3 is 4.98 Å². The molecule has 0 aliphatic carbocycles. The first kappa shape index (κ1) is 12.2. The van der Waals surface area contributed by atoms with Gasteiger partial charge in [-0.3, -0.25) is 4.79 Å². The Labute approximate surface area is 112 Å². The number of pyridine rings is 1. The molecule has 98 valence electrons. The summed E-state index contributed by atoms with van der Waals surface area (Å²) in [5.41, 5.74) is 0.663. The zero-order chi connectivity index (χ0) is 14.1. The van der Waals surface area contributed by atoms with Gasteiger partial charge in [0.2, 0.25) is 0 Å². The number of benzene rings is 1. The van der Waals surface area contributed by atoms with Crippen LogP contribution in [0.4, 0.5) is 10.1 Å². The van der Waals surface area contributed by atoms with E-state index in [1.165, 1.54) is 12.3 Å². The molecule has 0 aliphatic rings. The largest absolute Gasteiger partial charge is 0.345 e. The fourth-order valence-corrected chi connectivity index (χ4v) is 2.03. The highest BCUT2D eigenvalue weighted by Crippen LogP contribution is 2.23. The van der Waals surface area contributed by atoms with E-state index in [4.69, 9.17) is 0 Å². The molecule has 0 atom stereocenters. The fourth-order valence-electron chi connectivity index (χ4n) is 2.03. The van der Waals surface area contributed by atoms with Gasteiger partial charge in [0, 0.05) is 23.3 Å². The first-order valence-electron chi connectivity index (χ1n) is 5.80. The van der Waals surface area contributed by atoms with Crippen LogP contribution in [0.5, 0.6) is 0 Å². The van der Waals surface area contributed by atoms with Gasteiger partial charge in [-0.2, -0.15) is 0 Å². The van der Waals surface area contributed by atoms with Crippen LogP contribution in [0.2, 0.25) is 0 Å². The maximum absolute atomic E-state index is 13.8. The number of nitrogens with zero attached hydrogens (tertiary/aromatic N) is 2. The lowest BCUT2D eigenvalue weighted by molar-refractivity contribution is 0.103. The van der Waals surface area contributed by atoms with Crippen molar-refractivity contribution in [3.8, 4) is 0 Å². The molecule has 0 spiro atoms. The lowest BCUT2D eigenvalue weighted by Crippen LogP contribution is -2.03. The van der Waals surface area contributed by atoms with Crippen LogP contribution < -0.4 is 0 Å².